The van der Waals surface area contributed by atoms with Crippen LogP contribution in [0, 0.1) is 0 Å². The first kappa shape index (κ1) is 15.5. The average molecular weight is 306 g/mol. The fourth-order valence-electron chi connectivity index (χ4n) is 2.77. The molecule has 3 rings (SSSR count). The fraction of sp³-hybridized carbons (Fsp3) is 0.250. The minimum atomic E-state index is 0.247. The molecule has 1 heterocycles. The molecule has 2 aromatic carbocycles. The molecular weight excluding hydrogens is 284 g/mol. The van der Waals surface area contributed by atoms with E-state index in [9.17, 15) is 5.11 Å². The Bertz CT molecular complexity index is 771. The van der Waals surface area contributed by atoms with E-state index in [0.717, 1.165) is 37.1 Å². The maximum absolute atomic E-state index is 9.96. The Labute approximate surface area is 137 Å². The van der Waals surface area contributed by atoms with Gasteiger partial charge in [-0.1, -0.05) is 55.5 Å². The second-order valence-electron chi connectivity index (χ2n) is 5.76. The van der Waals surface area contributed by atoms with Crippen LogP contribution in [0.1, 0.15) is 18.2 Å². The number of pyridine rings is 1. The summed E-state index contributed by atoms with van der Waals surface area (Å²) in [7, 11) is 0. The molecule has 0 amide bonds. The van der Waals surface area contributed by atoms with Gasteiger partial charge >= 0.3 is 0 Å². The molecule has 0 spiro atoms. The van der Waals surface area contributed by atoms with Crippen LogP contribution in [0.4, 0.5) is 0 Å². The van der Waals surface area contributed by atoms with E-state index in [0.29, 0.717) is 5.52 Å². The quantitative estimate of drug-likeness (QED) is 0.747. The first-order valence-corrected chi connectivity index (χ1v) is 8.10. The predicted octanol–water partition coefficient (Wildman–Crippen LogP) is 4.01. The summed E-state index contributed by atoms with van der Waals surface area (Å²) in [5.41, 5.74) is 3.04. The lowest BCUT2D eigenvalue weighted by molar-refractivity contribution is 0.280. The van der Waals surface area contributed by atoms with Crippen molar-refractivity contribution in [2.24, 2.45) is 0 Å². The zero-order chi connectivity index (χ0) is 16.1. The van der Waals surface area contributed by atoms with Gasteiger partial charge in [0.05, 0.1) is 5.69 Å². The zero-order valence-electron chi connectivity index (χ0n) is 13.4. The third kappa shape index (κ3) is 3.88. The monoisotopic (exact) mass is 306 g/mol. The summed E-state index contributed by atoms with van der Waals surface area (Å²) in [6.45, 7) is 4.95. The van der Waals surface area contributed by atoms with Crippen molar-refractivity contribution in [3.63, 3.8) is 0 Å². The number of hydrogen-bond acceptors (Lipinski definition) is 3. The molecule has 0 aliphatic rings. The fourth-order valence-corrected chi connectivity index (χ4v) is 2.77. The zero-order valence-corrected chi connectivity index (χ0v) is 13.4. The summed E-state index contributed by atoms with van der Waals surface area (Å²) in [4.78, 5) is 7.00. The Morgan fingerprint density at radius 3 is 2.57 bits per heavy atom. The van der Waals surface area contributed by atoms with Gasteiger partial charge in [-0.15, -0.1) is 0 Å². The van der Waals surface area contributed by atoms with Crippen LogP contribution in [0.15, 0.2) is 60.7 Å². The van der Waals surface area contributed by atoms with Gasteiger partial charge in [0, 0.05) is 18.5 Å². The van der Waals surface area contributed by atoms with Crippen molar-refractivity contribution < 1.29 is 5.11 Å². The molecule has 0 radical (unpaired) electrons. The standard InChI is InChI=1S/C20H22N2O/c1-2-22(14-13-16-7-4-3-5-8-16)15-18-12-11-17-9-6-10-19(23)20(17)21-18/h3-12,23H,2,13-15H2,1H3. The van der Waals surface area contributed by atoms with Gasteiger partial charge in [-0.3, -0.25) is 4.90 Å². The van der Waals surface area contributed by atoms with E-state index in [1.807, 2.05) is 30.3 Å². The van der Waals surface area contributed by atoms with Crippen LogP contribution < -0.4 is 0 Å². The van der Waals surface area contributed by atoms with Crippen LogP contribution in [-0.2, 0) is 13.0 Å². The number of fused-ring (bicyclic) bond motifs is 1. The van der Waals surface area contributed by atoms with E-state index in [4.69, 9.17) is 0 Å². The lowest BCUT2D eigenvalue weighted by Crippen LogP contribution is -2.25. The molecule has 1 N–H and O–H groups in total. The van der Waals surface area contributed by atoms with Crippen molar-refractivity contribution in [1.29, 1.82) is 0 Å². The number of para-hydroxylation sites is 1. The van der Waals surface area contributed by atoms with Gasteiger partial charge in [-0.2, -0.15) is 0 Å². The smallest absolute Gasteiger partial charge is 0.141 e. The summed E-state index contributed by atoms with van der Waals surface area (Å²) in [5, 5.41) is 10.9. The highest BCUT2D eigenvalue weighted by Gasteiger charge is 2.07. The van der Waals surface area contributed by atoms with Gasteiger partial charge in [-0.25, -0.2) is 4.98 Å². The highest BCUT2D eigenvalue weighted by molar-refractivity contribution is 5.84. The number of benzene rings is 2. The van der Waals surface area contributed by atoms with Crippen molar-refractivity contribution in [1.82, 2.24) is 9.88 Å². The molecule has 0 aliphatic carbocycles. The van der Waals surface area contributed by atoms with Crippen molar-refractivity contribution in [2.75, 3.05) is 13.1 Å². The van der Waals surface area contributed by atoms with Crippen LogP contribution in [0.2, 0.25) is 0 Å². The summed E-state index contributed by atoms with van der Waals surface area (Å²) >= 11 is 0. The van der Waals surface area contributed by atoms with Crippen LogP contribution in [0.25, 0.3) is 10.9 Å². The molecule has 0 bridgehead atoms. The largest absolute Gasteiger partial charge is 0.506 e. The topological polar surface area (TPSA) is 36.4 Å². The van der Waals surface area contributed by atoms with Gasteiger partial charge in [0.2, 0.25) is 0 Å². The second kappa shape index (κ2) is 7.25. The Morgan fingerprint density at radius 1 is 0.957 bits per heavy atom. The Morgan fingerprint density at radius 2 is 1.78 bits per heavy atom. The molecule has 0 saturated carbocycles. The number of aromatic hydroxyl groups is 1. The van der Waals surface area contributed by atoms with E-state index in [1.165, 1.54) is 5.56 Å². The number of likely N-dealkylation sites (N-methyl/N-ethyl adjacent to an activating group) is 1. The van der Waals surface area contributed by atoms with Crippen molar-refractivity contribution in [3.8, 4) is 5.75 Å². The molecule has 118 valence electrons. The molecule has 3 nitrogen and oxygen atoms in total. The van der Waals surface area contributed by atoms with Gasteiger partial charge in [-0.05, 0) is 30.7 Å². The molecule has 1 aromatic heterocycles. The van der Waals surface area contributed by atoms with E-state index in [1.54, 1.807) is 6.07 Å². The summed E-state index contributed by atoms with van der Waals surface area (Å²) in [6, 6.07) is 20.1. The molecule has 3 heteroatoms. The normalized spacial score (nSPS) is 11.2. The van der Waals surface area contributed by atoms with Crippen LogP contribution in [-0.4, -0.2) is 28.1 Å². The third-order valence-corrected chi connectivity index (χ3v) is 4.15. The SMILES string of the molecule is CCN(CCc1ccccc1)Cc1ccc2cccc(O)c2n1. The number of hydrogen-bond donors (Lipinski definition) is 1. The third-order valence-electron chi connectivity index (χ3n) is 4.15. The summed E-state index contributed by atoms with van der Waals surface area (Å²) in [5.74, 6) is 0.247. The maximum atomic E-state index is 9.96. The highest BCUT2D eigenvalue weighted by atomic mass is 16.3. The number of phenolic OH excluding ortho intramolecular Hbond substituents is 1. The van der Waals surface area contributed by atoms with Crippen LogP contribution in [0.3, 0.4) is 0 Å². The highest BCUT2D eigenvalue weighted by Crippen LogP contribution is 2.22. The first-order valence-electron chi connectivity index (χ1n) is 8.10. The molecular formula is C20H22N2O. The Kier molecular flexibility index (Phi) is 4.89. The van der Waals surface area contributed by atoms with Crippen LogP contribution >= 0.6 is 0 Å². The number of rotatable bonds is 6. The average Bonchev–Trinajstić information content (AvgIpc) is 2.60. The van der Waals surface area contributed by atoms with Crippen molar-refractivity contribution in [2.45, 2.75) is 19.9 Å². The predicted molar refractivity (Wildman–Crippen MR) is 94.5 cm³/mol. The van der Waals surface area contributed by atoms with Gasteiger partial charge in [0.25, 0.3) is 0 Å². The number of nitrogens with zero attached hydrogens (tertiary/aromatic N) is 2. The number of aromatic nitrogens is 1. The van der Waals surface area contributed by atoms with E-state index < -0.39 is 0 Å². The molecule has 0 aliphatic heterocycles. The van der Waals surface area contributed by atoms with Gasteiger partial charge < -0.3 is 5.11 Å². The lowest BCUT2D eigenvalue weighted by Gasteiger charge is -2.20. The minimum absolute atomic E-state index is 0.247. The summed E-state index contributed by atoms with van der Waals surface area (Å²) in [6.07, 6.45) is 1.04. The van der Waals surface area contributed by atoms with Gasteiger partial charge in [0.15, 0.2) is 0 Å². The second-order valence-corrected chi connectivity index (χ2v) is 5.76. The Hall–Kier alpha value is -2.39. The minimum Gasteiger partial charge on any atom is -0.506 e. The van der Waals surface area contributed by atoms with Crippen molar-refractivity contribution in [3.05, 3.63) is 71.9 Å². The lowest BCUT2D eigenvalue weighted by atomic mass is 10.1. The van der Waals surface area contributed by atoms with Crippen LogP contribution in [0.5, 0.6) is 5.75 Å². The van der Waals surface area contributed by atoms with E-state index in [-0.39, 0.29) is 5.75 Å². The van der Waals surface area contributed by atoms with E-state index in [2.05, 4.69) is 41.1 Å². The van der Waals surface area contributed by atoms with E-state index >= 15 is 0 Å². The number of phenols is 1. The molecule has 0 unspecified atom stereocenters. The van der Waals surface area contributed by atoms with Crippen molar-refractivity contribution >= 4 is 10.9 Å². The molecule has 23 heavy (non-hydrogen) atoms. The first-order chi connectivity index (χ1) is 11.3. The molecule has 0 fully saturated rings. The molecule has 0 atom stereocenters. The summed E-state index contributed by atoms with van der Waals surface area (Å²) < 4.78 is 0. The molecule has 0 saturated heterocycles. The Balaban J connectivity index is 1.70. The molecule has 3 aromatic rings. The van der Waals surface area contributed by atoms with Gasteiger partial charge in [0.1, 0.15) is 11.3 Å². The maximum Gasteiger partial charge on any atom is 0.141 e.